The van der Waals surface area contributed by atoms with Crippen LogP contribution >= 0.6 is 0 Å². The van der Waals surface area contributed by atoms with Crippen LogP contribution in [0.4, 0.5) is 11.5 Å². The second-order valence-electron chi connectivity index (χ2n) is 4.04. The van der Waals surface area contributed by atoms with Crippen molar-refractivity contribution in [2.75, 3.05) is 5.32 Å². The van der Waals surface area contributed by atoms with Gasteiger partial charge in [-0.05, 0) is 19.9 Å². The highest BCUT2D eigenvalue weighted by Gasteiger charge is 2.15. The standard InChI is InChI=1S/C12H11N5O3/c1-7-8(2)20-12(15-7)6-14-11-4-3-10(17(18)19)9(5-13)16-11/h3-4H,6H2,1-2H3,(H,14,16). The van der Waals surface area contributed by atoms with Crippen molar-refractivity contribution < 1.29 is 9.34 Å². The molecule has 0 aliphatic heterocycles. The summed E-state index contributed by atoms with van der Waals surface area (Å²) in [5.41, 5.74) is 0.247. The predicted octanol–water partition coefficient (Wildman–Crippen LogP) is 2.08. The van der Waals surface area contributed by atoms with Crippen LogP contribution in [-0.4, -0.2) is 14.9 Å². The van der Waals surface area contributed by atoms with Crippen molar-refractivity contribution in [3.05, 3.63) is 45.3 Å². The average Bonchev–Trinajstić information content (AvgIpc) is 2.75. The maximum atomic E-state index is 10.7. The van der Waals surface area contributed by atoms with Gasteiger partial charge in [0.25, 0.3) is 0 Å². The fourth-order valence-electron chi connectivity index (χ4n) is 1.56. The minimum absolute atomic E-state index is 0.236. The van der Waals surface area contributed by atoms with Gasteiger partial charge in [-0.2, -0.15) is 5.26 Å². The van der Waals surface area contributed by atoms with Crippen LogP contribution in [-0.2, 0) is 6.54 Å². The number of hydrogen-bond donors (Lipinski definition) is 1. The molecular formula is C12H11N5O3. The van der Waals surface area contributed by atoms with E-state index in [0.717, 1.165) is 11.5 Å². The van der Waals surface area contributed by atoms with Crippen LogP contribution in [0.3, 0.4) is 0 Å². The van der Waals surface area contributed by atoms with E-state index >= 15 is 0 Å². The van der Waals surface area contributed by atoms with Gasteiger partial charge in [0.15, 0.2) is 0 Å². The number of rotatable bonds is 4. The first-order valence-electron chi connectivity index (χ1n) is 5.73. The van der Waals surface area contributed by atoms with Crippen molar-refractivity contribution in [2.45, 2.75) is 20.4 Å². The number of nitriles is 1. The molecular weight excluding hydrogens is 262 g/mol. The van der Waals surface area contributed by atoms with Gasteiger partial charge in [-0.1, -0.05) is 0 Å². The molecule has 0 atom stereocenters. The van der Waals surface area contributed by atoms with Gasteiger partial charge < -0.3 is 9.73 Å². The third kappa shape index (κ3) is 2.72. The fourth-order valence-corrected chi connectivity index (χ4v) is 1.56. The van der Waals surface area contributed by atoms with Gasteiger partial charge in [0, 0.05) is 6.07 Å². The Morgan fingerprint density at radius 3 is 2.75 bits per heavy atom. The van der Waals surface area contributed by atoms with Crippen molar-refractivity contribution in [3.63, 3.8) is 0 Å². The summed E-state index contributed by atoms with van der Waals surface area (Å²) in [4.78, 5) is 18.1. The third-order valence-corrected chi connectivity index (χ3v) is 2.67. The Hall–Kier alpha value is -2.95. The number of oxazole rings is 1. The quantitative estimate of drug-likeness (QED) is 0.669. The maximum absolute atomic E-state index is 10.7. The zero-order chi connectivity index (χ0) is 14.7. The second-order valence-corrected chi connectivity index (χ2v) is 4.04. The summed E-state index contributed by atoms with van der Waals surface area (Å²) >= 11 is 0. The van der Waals surface area contributed by atoms with E-state index in [-0.39, 0.29) is 17.9 Å². The highest BCUT2D eigenvalue weighted by molar-refractivity contribution is 5.50. The van der Waals surface area contributed by atoms with Gasteiger partial charge in [-0.15, -0.1) is 0 Å². The van der Waals surface area contributed by atoms with Gasteiger partial charge in [-0.25, -0.2) is 9.97 Å². The van der Waals surface area contributed by atoms with Crippen LogP contribution in [0.5, 0.6) is 0 Å². The summed E-state index contributed by atoms with van der Waals surface area (Å²) in [5.74, 6) is 1.57. The zero-order valence-corrected chi connectivity index (χ0v) is 10.9. The van der Waals surface area contributed by atoms with E-state index in [0.29, 0.717) is 11.7 Å². The van der Waals surface area contributed by atoms with Crippen LogP contribution in [0.25, 0.3) is 0 Å². The van der Waals surface area contributed by atoms with E-state index in [1.165, 1.54) is 12.1 Å². The minimum atomic E-state index is -0.643. The van der Waals surface area contributed by atoms with E-state index < -0.39 is 4.92 Å². The maximum Gasteiger partial charge on any atom is 0.305 e. The Morgan fingerprint density at radius 2 is 2.20 bits per heavy atom. The Bertz CT molecular complexity index is 682. The van der Waals surface area contributed by atoms with Crippen molar-refractivity contribution in [1.29, 1.82) is 5.26 Å². The molecule has 0 bridgehead atoms. The number of nitrogens with zero attached hydrogens (tertiary/aromatic N) is 4. The topological polar surface area (TPSA) is 118 Å². The number of nitro groups is 1. The molecule has 0 aliphatic carbocycles. The van der Waals surface area contributed by atoms with Gasteiger partial charge >= 0.3 is 5.69 Å². The first kappa shape index (κ1) is 13.5. The molecule has 0 saturated carbocycles. The Morgan fingerprint density at radius 1 is 1.45 bits per heavy atom. The summed E-state index contributed by atoms with van der Waals surface area (Å²) in [6, 6.07) is 4.37. The van der Waals surface area contributed by atoms with Gasteiger partial charge in [-0.3, -0.25) is 10.1 Å². The molecule has 0 fully saturated rings. The van der Waals surface area contributed by atoms with Crippen molar-refractivity contribution in [1.82, 2.24) is 9.97 Å². The Labute approximate surface area is 114 Å². The van der Waals surface area contributed by atoms with Crippen molar-refractivity contribution in [3.8, 4) is 6.07 Å². The molecule has 0 saturated heterocycles. The van der Waals surface area contributed by atoms with Gasteiger partial charge in [0.1, 0.15) is 17.6 Å². The Balaban J connectivity index is 2.14. The number of nitrogens with one attached hydrogen (secondary N) is 1. The van der Waals surface area contributed by atoms with Crippen LogP contribution in [0.1, 0.15) is 23.0 Å². The molecule has 0 unspecified atom stereocenters. The molecule has 0 aliphatic rings. The highest BCUT2D eigenvalue weighted by Crippen LogP contribution is 2.18. The second kappa shape index (κ2) is 5.36. The van der Waals surface area contributed by atoms with Crippen molar-refractivity contribution >= 4 is 11.5 Å². The first-order valence-corrected chi connectivity index (χ1v) is 5.73. The smallest absolute Gasteiger partial charge is 0.305 e. The average molecular weight is 273 g/mol. The number of pyridine rings is 1. The lowest BCUT2D eigenvalue weighted by Gasteiger charge is -2.03. The molecule has 2 rings (SSSR count). The number of aryl methyl sites for hydroxylation is 2. The van der Waals surface area contributed by atoms with Crippen molar-refractivity contribution in [2.24, 2.45) is 0 Å². The monoisotopic (exact) mass is 273 g/mol. The SMILES string of the molecule is Cc1nc(CNc2ccc([N+](=O)[O-])c(C#N)n2)oc1C. The third-order valence-electron chi connectivity index (χ3n) is 2.67. The number of aromatic nitrogens is 2. The zero-order valence-electron chi connectivity index (χ0n) is 10.9. The summed E-state index contributed by atoms with van der Waals surface area (Å²) in [6.45, 7) is 3.92. The number of anilines is 1. The summed E-state index contributed by atoms with van der Waals surface area (Å²) in [6.07, 6.45) is 0. The molecule has 0 amide bonds. The predicted molar refractivity (Wildman–Crippen MR) is 68.9 cm³/mol. The summed E-state index contributed by atoms with van der Waals surface area (Å²) in [5, 5.41) is 22.4. The molecule has 0 radical (unpaired) electrons. The molecule has 20 heavy (non-hydrogen) atoms. The summed E-state index contributed by atoms with van der Waals surface area (Å²) in [7, 11) is 0. The lowest BCUT2D eigenvalue weighted by atomic mass is 10.3. The normalized spacial score (nSPS) is 10.1. The lowest BCUT2D eigenvalue weighted by Crippen LogP contribution is -2.04. The van der Waals surface area contributed by atoms with Crippen LogP contribution in [0, 0.1) is 35.3 Å². The van der Waals surface area contributed by atoms with E-state index in [9.17, 15) is 10.1 Å². The van der Waals surface area contributed by atoms with E-state index in [1.54, 1.807) is 6.07 Å². The number of hydrogen-bond acceptors (Lipinski definition) is 7. The molecule has 1 N–H and O–H groups in total. The Kier molecular flexibility index (Phi) is 3.61. The molecule has 8 nitrogen and oxygen atoms in total. The largest absolute Gasteiger partial charge is 0.444 e. The van der Waals surface area contributed by atoms with Gasteiger partial charge in [0.05, 0.1) is 17.2 Å². The van der Waals surface area contributed by atoms with E-state index in [2.05, 4.69) is 15.3 Å². The molecule has 2 aromatic rings. The minimum Gasteiger partial charge on any atom is -0.444 e. The molecule has 8 heteroatoms. The van der Waals surface area contributed by atoms with Crippen LogP contribution in [0.2, 0.25) is 0 Å². The molecule has 102 valence electrons. The van der Waals surface area contributed by atoms with Crippen LogP contribution < -0.4 is 5.32 Å². The molecule has 0 spiro atoms. The molecule has 2 heterocycles. The lowest BCUT2D eigenvalue weighted by molar-refractivity contribution is -0.385. The van der Waals surface area contributed by atoms with E-state index in [1.807, 2.05) is 13.8 Å². The highest BCUT2D eigenvalue weighted by atomic mass is 16.6. The van der Waals surface area contributed by atoms with Gasteiger partial charge in [0.2, 0.25) is 11.6 Å². The first-order chi connectivity index (χ1) is 9.51. The van der Waals surface area contributed by atoms with E-state index in [4.69, 9.17) is 9.68 Å². The van der Waals surface area contributed by atoms with Crippen LogP contribution in [0.15, 0.2) is 16.5 Å². The summed E-state index contributed by atoms with van der Waals surface area (Å²) < 4.78 is 5.38. The molecule has 0 aromatic carbocycles. The fraction of sp³-hybridized carbons (Fsp3) is 0.250. The molecule has 2 aromatic heterocycles.